The van der Waals surface area contributed by atoms with Crippen LogP contribution >= 0.6 is 0 Å². The minimum Gasteiger partial charge on any atom is -0.481 e. The molecule has 3 nitrogen and oxygen atoms in total. The van der Waals surface area contributed by atoms with E-state index in [4.69, 9.17) is 5.11 Å². The molecular formula is C10H7F5O3. The van der Waals surface area contributed by atoms with Gasteiger partial charge in [-0.1, -0.05) is 0 Å². The van der Waals surface area contributed by atoms with E-state index in [1.54, 1.807) is 0 Å². The lowest BCUT2D eigenvalue weighted by Crippen LogP contribution is -2.36. The fraction of sp³-hybridized carbons (Fsp3) is 0.300. The molecule has 1 aromatic carbocycles. The SMILES string of the molecule is O=C(O)CC(Oc1cc(F)ccc1F)C(F)(F)F. The van der Waals surface area contributed by atoms with Gasteiger partial charge in [-0.05, 0) is 12.1 Å². The fourth-order valence-corrected chi connectivity index (χ4v) is 1.10. The van der Waals surface area contributed by atoms with Gasteiger partial charge in [-0.2, -0.15) is 13.2 Å². The predicted molar refractivity (Wildman–Crippen MR) is 49.1 cm³/mol. The highest BCUT2D eigenvalue weighted by atomic mass is 19.4. The molecule has 1 rings (SSSR count). The summed E-state index contributed by atoms with van der Waals surface area (Å²) in [7, 11) is 0. The predicted octanol–water partition coefficient (Wildman–Crippen LogP) is 2.75. The van der Waals surface area contributed by atoms with Crippen molar-refractivity contribution in [2.45, 2.75) is 18.7 Å². The first kappa shape index (κ1) is 14.2. The Hall–Kier alpha value is -1.86. The Morgan fingerprint density at radius 3 is 2.44 bits per heavy atom. The number of benzene rings is 1. The third-order valence-electron chi connectivity index (χ3n) is 1.89. The zero-order valence-electron chi connectivity index (χ0n) is 8.67. The molecule has 0 aromatic heterocycles. The van der Waals surface area contributed by atoms with Gasteiger partial charge in [-0.25, -0.2) is 8.78 Å². The molecule has 8 heteroatoms. The highest BCUT2D eigenvalue weighted by molar-refractivity contribution is 5.67. The molecule has 0 aliphatic rings. The Morgan fingerprint density at radius 1 is 1.33 bits per heavy atom. The van der Waals surface area contributed by atoms with E-state index < -0.39 is 42.1 Å². The van der Waals surface area contributed by atoms with Gasteiger partial charge in [0.15, 0.2) is 11.6 Å². The van der Waals surface area contributed by atoms with Crippen molar-refractivity contribution in [3.8, 4) is 5.75 Å². The van der Waals surface area contributed by atoms with Crippen molar-refractivity contribution in [2.75, 3.05) is 0 Å². The van der Waals surface area contributed by atoms with Crippen LogP contribution in [0.15, 0.2) is 18.2 Å². The molecule has 0 aliphatic heterocycles. The van der Waals surface area contributed by atoms with Crippen LogP contribution in [0, 0.1) is 11.6 Å². The first-order chi connectivity index (χ1) is 8.20. The average Bonchev–Trinajstić information content (AvgIpc) is 2.20. The number of hydrogen-bond acceptors (Lipinski definition) is 2. The van der Waals surface area contributed by atoms with Crippen LogP contribution in [0.3, 0.4) is 0 Å². The molecule has 0 aliphatic carbocycles. The Balaban J connectivity index is 2.96. The normalized spacial score (nSPS) is 13.2. The summed E-state index contributed by atoms with van der Waals surface area (Å²) < 4.78 is 67.1. The summed E-state index contributed by atoms with van der Waals surface area (Å²) in [5, 5.41) is 8.30. The van der Waals surface area contributed by atoms with E-state index in [-0.39, 0.29) is 0 Å². The van der Waals surface area contributed by atoms with Gasteiger partial charge in [-0.15, -0.1) is 0 Å². The summed E-state index contributed by atoms with van der Waals surface area (Å²) in [5.41, 5.74) is 0. The van der Waals surface area contributed by atoms with Crippen molar-refractivity contribution in [3.05, 3.63) is 29.8 Å². The molecule has 0 saturated carbocycles. The van der Waals surface area contributed by atoms with E-state index in [0.29, 0.717) is 18.2 Å². The summed E-state index contributed by atoms with van der Waals surface area (Å²) in [6.07, 6.45) is -9.15. The summed E-state index contributed by atoms with van der Waals surface area (Å²) in [5.74, 6) is -4.97. The van der Waals surface area contributed by atoms with E-state index in [1.165, 1.54) is 0 Å². The highest BCUT2D eigenvalue weighted by Gasteiger charge is 2.43. The maximum Gasteiger partial charge on any atom is 0.426 e. The Kier molecular flexibility index (Phi) is 4.10. The van der Waals surface area contributed by atoms with E-state index >= 15 is 0 Å². The second-order valence-electron chi connectivity index (χ2n) is 3.32. The lowest BCUT2D eigenvalue weighted by atomic mass is 10.2. The van der Waals surface area contributed by atoms with Gasteiger partial charge < -0.3 is 9.84 Å². The van der Waals surface area contributed by atoms with Gasteiger partial charge in [0.05, 0.1) is 6.42 Å². The number of halogens is 5. The minimum atomic E-state index is -5.00. The van der Waals surface area contributed by atoms with Gasteiger partial charge in [-0.3, -0.25) is 4.79 Å². The molecular weight excluding hydrogens is 263 g/mol. The molecule has 0 amide bonds. The van der Waals surface area contributed by atoms with Crippen LogP contribution in [0.2, 0.25) is 0 Å². The van der Waals surface area contributed by atoms with Gasteiger partial charge >= 0.3 is 12.1 Å². The number of hydrogen-bond donors (Lipinski definition) is 1. The van der Waals surface area contributed by atoms with Crippen LogP contribution in [0.25, 0.3) is 0 Å². The number of carboxylic acid groups (broad SMARTS) is 1. The second kappa shape index (κ2) is 5.19. The number of ether oxygens (including phenoxy) is 1. The Labute approximate surface area is 97.8 Å². The first-order valence-corrected chi connectivity index (χ1v) is 4.60. The third kappa shape index (κ3) is 3.86. The number of alkyl halides is 3. The molecule has 1 unspecified atom stereocenters. The average molecular weight is 270 g/mol. The summed E-state index contributed by atoms with van der Waals surface area (Å²) in [6, 6.07) is 1.69. The Morgan fingerprint density at radius 2 is 1.94 bits per heavy atom. The lowest BCUT2D eigenvalue weighted by Gasteiger charge is -2.20. The zero-order chi connectivity index (χ0) is 13.9. The molecule has 18 heavy (non-hydrogen) atoms. The van der Waals surface area contributed by atoms with Gasteiger partial charge in [0, 0.05) is 6.07 Å². The minimum absolute atomic E-state index is 0.413. The van der Waals surface area contributed by atoms with Gasteiger partial charge in [0.25, 0.3) is 0 Å². The fourth-order valence-electron chi connectivity index (χ4n) is 1.10. The van der Waals surface area contributed by atoms with E-state index in [1.807, 2.05) is 0 Å². The molecule has 0 spiro atoms. The quantitative estimate of drug-likeness (QED) is 0.856. The molecule has 0 fully saturated rings. The smallest absolute Gasteiger partial charge is 0.426 e. The standard InChI is InChI=1S/C10H7F5O3/c11-5-1-2-6(12)7(3-5)18-8(4-9(16)17)10(13,14)15/h1-3,8H,4H2,(H,16,17). The lowest BCUT2D eigenvalue weighted by molar-refractivity contribution is -0.201. The van der Waals surface area contributed by atoms with Crippen LogP contribution in [0.4, 0.5) is 22.0 Å². The van der Waals surface area contributed by atoms with Crippen LogP contribution in [0.5, 0.6) is 5.75 Å². The third-order valence-corrected chi connectivity index (χ3v) is 1.89. The van der Waals surface area contributed by atoms with Crippen LogP contribution in [-0.4, -0.2) is 23.4 Å². The van der Waals surface area contributed by atoms with Crippen molar-refractivity contribution in [1.29, 1.82) is 0 Å². The topological polar surface area (TPSA) is 46.5 Å². The number of aliphatic carboxylic acids is 1. The maximum atomic E-state index is 13.0. The Bertz CT molecular complexity index is 444. The molecule has 100 valence electrons. The highest BCUT2D eigenvalue weighted by Crippen LogP contribution is 2.29. The number of carbonyl (C=O) groups is 1. The molecule has 1 N–H and O–H groups in total. The van der Waals surface area contributed by atoms with Crippen LogP contribution in [-0.2, 0) is 4.79 Å². The molecule has 1 aromatic rings. The van der Waals surface area contributed by atoms with Crippen molar-refractivity contribution >= 4 is 5.97 Å². The molecule has 1 atom stereocenters. The monoisotopic (exact) mass is 270 g/mol. The van der Waals surface area contributed by atoms with Crippen molar-refractivity contribution in [3.63, 3.8) is 0 Å². The largest absolute Gasteiger partial charge is 0.481 e. The first-order valence-electron chi connectivity index (χ1n) is 4.60. The maximum absolute atomic E-state index is 13.0. The van der Waals surface area contributed by atoms with Crippen LogP contribution < -0.4 is 4.74 Å². The molecule has 0 saturated heterocycles. The summed E-state index contributed by atoms with van der Waals surface area (Å²) >= 11 is 0. The second-order valence-corrected chi connectivity index (χ2v) is 3.32. The molecule has 0 heterocycles. The zero-order valence-corrected chi connectivity index (χ0v) is 8.67. The van der Waals surface area contributed by atoms with Crippen LogP contribution in [0.1, 0.15) is 6.42 Å². The molecule has 0 radical (unpaired) electrons. The van der Waals surface area contributed by atoms with Crippen molar-refractivity contribution in [2.24, 2.45) is 0 Å². The summed E-state index contributed by atoms with van der Waals surface area (Å²) in [6.45, 7) is 0. The van der Waals surface area contributed by atoms with Crippen molar-refractivity contribution < 1.29 is 36.6 Å². The van der Waals surface area contributed by atoms with Gasteiger partial charge in [0.1, 0.15) is 5.82 Å². The van der Waals surface area contributed by atoms with E-state index in [9.17, 15) is 26.7 Å². The molecule has 0 bridgehead atoms. The summed E-state index contributed by atoms with van der Waals surface area (Å²) in [4.78, 5) is 10.3. The van der Waals surface area contributed by atoms with Crippen molar-refractivity contribution in [1.82, 2.24) is 0 Å². The number of carboxylic acids is 1. The number of rotatable bonds is 4. The van der Waals surface area contributed by atoms with E-state index in [2.05, 4.69) is 4.74 Å². The van der Waals surface area contributed by atoms with E-state index in [0.717, 1.165) is 0 Å². The van der Waals surface area contributed by atoms with Gasteiger partial charge in [0.2, 0.25) is 6.10 Å².